The highest BCUT2D eigenvalue weighted by Crippen LogP contribution is 2.36. The van der Waals surface area contributed by atoms with Gasteiger partial charge in [0.2, 0.25) is 5.88 Å². The Morgan fingerprint density at radius 3 is 2.89 bits per heavy atom. The first-order valence-corrected chi connectivity index (χ1v) is 9.36. The van der Waals surface area contributed by atoms with E-state index >= 15 is 0 Å². The average molecular weight is 356 g/mol. The van der Waals surface area contributed by atoms with Crippen LogP contribution in [0.2, 0.25) is 0 Å². The van der Waals surface area contributed by atoms with Gasteiger partial charge in [0.1, 0.15) is 17.4 Å². The van der Waals surface area contributed by atoms with Gasteiger partial charge in [-0.15, -0.1) is 0 Å². The molecule has 0 saturated heterocycles. The van der Waals surface area contributed by atoms with Gasteiger partial charge in [0.05, 0.1) is 29.7 Å². The van der Waals surface area contributed by atoms with Crippen molar-refractivity contribution in [1.82, 2.24) is 19.5 Å². The van der Waals surface area contributed by atoms with Gasteiger partial charge < -0.3 is 9.30 Å². The Labute approximate surface area is 157 Å². The summed E-state index contributed by atoms with van der Waals surface area (Å²) in [5.41, 5.74) is 7.47. The minimum atomic E-state index is 0.555. The van der Waals surface area contributed by atoms with Gasteiger partial charge in [-0.2, -0.15) is 4.98 Å². The molecule has 3 heterocycles. The zero-order valence-corrected chi connectivity index (χ0v) is 15.4. The highest BCUT2D eigenvalue weighted by atomic mass is 16.5. The van der Waals surface area contributed by atoms with Gasteiger partial charge in [-0.3, -0.25) is 4.98 Å². The molecule has 1 aliphatic rings. The van der Waals surface area contributed by atoms with Crippen LogP contribution in [0.3, 0.4) is 0 Å². The summed E-state index contributed by atoms with van der Waals surface area (Å²) in [6.07, 6.45) is 9.68. The normalized spacial score (nSPS) is 12.8. The lowest BCUT2D eigenvalue weighted by molar-refractivity contribution is 0.330. The van der Waals surface area contributed by atoms with E-state index in [0.29, 0.717) is 12.5 Å². The van der Waals surface area contributed by atoms with E-state index in [1.807, 2.05) is 13.1 Å². The summed E-state index contributed by atoms with van der Waals surface area (Å²) in [6, 6.07) is 8.74. The van der Waals surface area contributed by atoms with Gasteiger partial charge >= 0.3 is 0 Å². The Kier molecular flexibility index (Phi) is 3.67. The van der Waals surface area contributed by atoms with Crippen LogP contribution in [0.15, 0.2) is 42.9 Å². The van der Waals surface area contributed by atoms with Crippen LogP contribution in [0.1, 0.15) is 30.7 Å². The quantitative estimate of drug-likeness (QED) is 0.540. The lowest BCUT2D eigenvalue weighted by atomic mass is 10.1. The molecular formula is C22H20N4O. The molecular weight excluding hydrogens is 336 g/mol. The molecule has 0 unspecified atom stereocenters. The van der Waals surface area contributed by atoms with Crippen molar-refractivity contribution in [2.75, 3.05) is 6.61 Å². The predicted molar refractivity (Wildman–Crippen MR) is 107 cm³/mol. The Balaban J connectivity index is 1.89. The number of allylic oxidation sites excluding steroid dienone is 1. The summed E-state index contributed by atoms with van der Waals surface area (Å²) in [7, 11) is 0. The highest BCUT2D eigenvalue weighted by molar-refractivity contribution is 6.08. The van der Waals surface area contributed by atoms with Crippen molar-refractivity contribution in [2.45, 2.75) is 26.7 Å². The fourth-order valence-electron chi connectivity index (χ4n) is 3.81. The first-order chi connectivity index (χ1) is 13.3. The van der Waals surface area contributed by atoms with Crippen molar-refractivity contribution in [2.24, 2.45) is 0 Å². The van der Waals surface area contributed by atoms with E-state index in [1.54, 1.807) is 6.33 Å². The molecule has 3 aromatic heterocycles. The molecule has 5 heteroatoms. The third-order valence-corrected chi connectivity index (χ3v) is 5.11. The van der Waals surface area contributed by atoms with Gasteiger partial charge in [0.15, 0.2) is 0 Å². The Bertz CT molecular complexity index is 1210. The predicted octanol–water partition coefficient (Wildman–Crippen LogP) is 4.50. The van der Waals surface area contributed by atoms with Crippen molar-refractivity contribution < 1.29 is 4.74 Å². The van der Waals surface area contributed by atoms with E-state index in [2.05, 4.69) is 62.9 Å². The van der Waals surface area contributed by atoms with Crippen molar-refractivity contribution >= 4 is 28.0 Å². The maximum absolute atomic E-state index is 5.85. The average Bonchev–Trinajstić information content (AvgIpc) is 3.30. The van der Waals surface area contributed by atoms with E-state index in [9.17, 15) is 0 Å². The number of nitrogens with zero attached hydrogens (tertiary/aromatic N) is 4. The molecule has 1 aliphatic carbocycles. The Hall–Kier alpha value is -3.21. The number of hydrogen-bond acceptors (Lipinski definition) is 4. The van der Waals surface area contributed by atoms with Crippen LogP contribution in [0.5, 0.6) is 5.88 Å². The number of hydrogen-bond donors (Lipinski definition) is 0. The zero-order chi connectivity index (χ0) is 18.4. The van der Waals surface area contributed by atoms with Gasteiger partial charge in [-0.25, -0.2) is 4.98 Å². The molecule has 0 saturated carbocycles. The molecule has 27 heavy (non-hydrogen) atoms. The van der Waals surface area contributed by atoms with Crippen LogP contribution < -0.4 is 4.74 Å². The summed E-state index contributed by atoms with van der Waals surface area (Å²) >= 11 is 0. The summed E-state index contributed by atoms with van der Waals surface area (Å²) < 4.78 is 8.03. The van der Waals surface area contributed by atoms with E-state index in [4.69, 9.17) is 4.74 Å². The third kappa shape index (κ3) is 2.42. The molecule has 4 aromatic rings. The Morgan fingerprint density at radius 1 is 1.11 bits per heavy atom. The molecule has 0 radical (unpaired) electrons. The second-order valence-corrected chi connectivity index (χ2v) is 6.69. The standard InChI is InChI=1S/C22H20N4O/c1-3-14-8-9-19-17(10-14)20-21(22(27-4-2)25-13-24-20)26(19)16-11-15-6-5-7-18(15)23-12-16/h5-6,8-13H,3-4,7H2,1-2H3. The van der Waals surface area contributed by atoms with Crippen molar-refractivity contribution in [3.05, 3.63) is 59.7 Å². The smallest absolute Gasteiger partial charge is 0.242 e. The summed E-state index contributed by atoms with van der Waals surface area (Å²) in [5.74, 6) is 0.604. The number of aromatic nitrogens is 4. The summed E-state index contributed by atoms with van der Waals surface area (Å²) in [6.45, 7) is 4.69. The maximum Gasteiger partial charge on any atom is 0.242 e. The summed E-state index contributed by atoms with van der Waals surface area (Å²) in [4.78, 5) is 13.7. The van der Waals surface area contributed by atoms with E-state index < -0.39 is 0 Å². The molecule has 134 valence electrons. The highest BCUT2D eigenvalue weighted by Gasteiger charge is 2.20. The van der Waals surface area contributed by atoms with Crippen LogP contribution in [-0.2, 0) is 12.8 Å². The van der Waals surface area contributed by atoms with Gasteiger partial charge in [0, 0.05) is 11.8 Å². The molecule has 0 bridgehead atoms. The Morgan fingerprint density at radius 2 is 2.04 bits per heavy atom. The second kappa shape index (κ2) is 6.20. The molecule has 0 aliphatic heterocycles. The second-order valence-electron chi connectivity index (χ2n) is 6.69. The van der Waals surface area contributed by atoms with Crippen molar-refractivity contribution in [1.29, 1.82) is 0 Å². The molecule has 0 spiro atoms. The lowest BCUT2D eigenvalue weighted by Crippen LogP contribution is -2.02. The van der Waals surface area contributed by atoms with Crippen molar-refractivity contribution in [3.8, 4) is 11.6 Å². The lowest BCUT2D eigenvalue weighted by Gasteiger charge is -2.11. The number of pyridine rings is 1. The van der Waals surface area contributed by atoms with Crippen LogP contribution in [0.25, 0.3) is 33.7 Å². The molecule has 0 amide bonds. The number of rotatable bonds is 4. The van der Waals surface area contributed by atoms with Gasteiger partial charge in [-0.1, -0.05) is 25.1 Å². The SMILES string of the molecule is CCOc1ncnc2c3cc(CC)ccc3n(-c3cnc4c(c3)C=CC4)c12. The van der Waals surface area contributed by atoms with E-state index in [-0.39, 0.29) is 0 Å². The van der Waals surface area contributed by atoms with E-state index in [0.717, 1.165) is 46.2 Å². The van der Waals surface area contributed by atoms with Crippen LogP contribution >= 0.6 is 0 Å². The summed E-state index contributed by atoms with van der Waals surface area (Å²) in [5, 5.41) is 1.11. The molecule has 5 rings (SSSR count). The monoisotopic (exact) mass is 356 g/mol. The van der Waals surface area contributed by atoms with Crippen LogP contribution in [-0.4, -0.2) is 26.1 Å². The minimum Gasteiger partial charge on any atom is -0.476 e. The zero-order valence-electron chi connectivity index (χ0n) is 15.4. The molecule has 1 aromatic carbocycles. The van der Waals surface area contributed by atoms with E-state index in [1.165, 1.54) is 11.1 Å². The topological polar surface area (TPSA) is 52.8 Å². The first-order valence-electron chi connectivity index (χ1n) is 9.36. The maximum atomic E-state index is 5.85. The van der Waals surface area contributed by atoms with Crippen LogP contribution in [0, 0.1) is 0 Å². The number of benzene rings is 1. The first kappa shape index (κ1) is 16.0. The third-order valence-electron chi connectivity index (χ3n) is 5.11. The largest absolute Gasteiger partial charge is 0.476 e. The van der Waals surface area contributed by atoms with Gasteiger partial charge in [-0.05, 0) is 42.7 Å². The fourth-order valence-corrected chi connectivity index (χ4v) is 3.81. The van der Waals surface area contributed by atoms with Crippen molar-refractivity contribution in [3.63, 3.8) is 0 Å². The molecule has 0 fully saturated rings. The van der Waals surface area contributed by atoms with Crippen LogP contribution in [0.4, 0.5) is 0 Å². The number of fused-ring (bicyclic) bond motifs is 4. The molecule has 5 nitrogen and oxygen atoms in total. The molecule has 0 atom stereocenters. The van der Waals surface area contributed by atoms with Gasteiger partial charge in [0.25, 0.3) is 0 Å². The fraction of sp³-hybridized carbons (Fsp3) is 0.227. The number of aryl methyl sites for hydroxylation is 1. The minimum absolute atomic E-state index is 0.555. The molecule has 0 N–H and O–H groups in total. The number of ether oxygens (including phenoxy) is 1.